The maximum Gasteiger partial charge on any atom is 0.330 e. The van der Waals surface area contributed by atoms with E-state index in [0.29, 0.717) is 58.3 Å². The van der Waals surface area contributed by atoms with Gasteiger partial charge in [-0.15, -0.1) is 0 Å². The van der Waals surface area contributed by atoms with Crippen molar-refractivity contribution in [3.63, 3.8) is 0 Å². The maximum absolute atomic E-state index is 13.3. The molecule has 0 bridgehead atoms. The van der Waals surface area contributed by atoms with Crippen LogP contribution < -0.4 is 16.0 Å². The highest BCUT2D eigenvalue weighted by Crippen LogP contribution is 2.25. The van der Waals surface area contributed by atoms with Crippen molar-refractivity contribution in [2.24, 2.45) is 0 Å². The minimum absolute atomic E-state index is 0.229. The molecule has 204 valence electrons. The normalized spacial score (nSPS) is 20.5. The molecular formula is C26H39N5O6. The SMILES string of the molecule is CCOC(=O)C(CCCCNC(=O)NCc1ccccc1)NC1CCN2CCCC(C(=O)OC)N2C1=O. The molecule has 0 radical (unpaired) electrons. The lowest BCUT2D eigenvalue weighted by Gasteiger charge is -2.48. The summed E-state index contributed by atoms with van der Waals surface area (Å²) in [5.41, 5.74) is 1.02. The average Bonchev–Trinajstić information content (AvgIpc) is 2.92. The van der Waals surface area contributed by atoms with Gasteiger partial charge in [-0.25, -0.2) is 14.6 Å². The molecule has 0 saturated carbocycles. The van der Waals surface area contributed by atoms with Crippen molar-refractivity contribution in [3.8, 4) is 0 Å². The molecule has 2 aliphatic rings. The molecule has 0 aliphatic carbocycles. The lowest BCUT2D eigenvalue weighted by Crippen LogP contribution is -2.67. The van der Waals surface area contributed by atoms with Gasteiger partial charge in [0, 0.05) is 26.2 Å². The molecule has 3 atom stereocenters. The zero-order valence-electron chi connectivity index (χ0n) is 21.7. The number of hydrazine groups is 1. The monoisotopic (exact) mass is 517 g/mol. The number of carbonyl (C=O) groups excluding carboxylic acids is 4. The van der Waals surface area contributed by atoms with Crippen LogP contribution in [0.4, 0.5) is 4.79 Å². The molecule has 1 aromatic rings. The predicted octanol–water partition coefficient (Wildman–Crippen LogP) is 1.33. The minimum Gasteiger partial charge on any atom is -0.467 e. The van der Waals surface area contributed by atoms with Gasteiger partial charge in [-0.3, -0.25) is 19.9 Å². The Kier molecular flexibility index (Phi) is 11.2. The van der Waals surface area contributed by atoms with E-state index in [1.807, 2.05) is 35.3 Å². The van der Waals surface area contributed by atoms with E-state index in [0.717, 1.165) is 12.0 Å². The van der Waals surface area contributed by atoms with Crippen LogP contribution in [0.3, 0.4) is 0 Å². The summed E-state index contributed by atoms with van der Waals surface area (Å²) in [4.78, 5) is 50.3. The van der Waals surface area contributed by atoms with Gasteiger partial charge in [0.05, 0.1) is 19.8 Å². The van der Waals surface area contributed by atoms with Crippen molar-refractivity contribution in [2.45, 2.75) is 70.1 Å². The zero-order chi connectivity index (χ0) is 26.6. The largest absolute Gasteiger partial charge is 0.467 e. The Labute approximate surface area is 218 Å². The summed E-state index contributed by atoms with van der Waals surface area (Å²) in [6, 6.07) is 7.50. The van der Waals surface area contributed by atoms with Crippen molar-refractivity contribution in [1.29, 1.82) is 0 Å². The second kappa shape index (κ2) is 14.5. The molecule has 3 unspecified atom stereocenters. The molecule has 37 heavy (non-hydrogen) atoms. The smallest absolute Gasteiger partial charge is 0.330 e. The molecule has 0 aromatic heterocycles. The Morgan fingerprint density at radius 2 is 1.86 bits per heavy atom. The van der Waals surface area contributed by atoms with Crippen LogP contribution in [0.15, 0.2) is 30.3 Å². The Bertz CT molecular complexity index is 914. The summed E-state index contributed by atoms with van der Waals surface area (Å²) in [6.45, 7) is 4.20. The number of hydrogen-bond acceptors (Lipinski definition) is 8. The van der Waals surface area contributed by atoms with Crippen LogP contribution in [-0.4, -0.2) is 85.4 Å². The average molecular weight is 518 g/mol. The standard InChI is InChI=1S/C26H39N5O6/c1-3-37-24(33)21(12-7-8-15-27-26(35)28-18-19-10-5-4-6-11-19)29-20-14-17-30-16-9-13-22(25(34)36-2)31(30)23(20)32/h4-6,10-11,20-22,29H,3,7-9,12-18H2,1-2H3,(H2,27,28,35). The van der Waals surface area contributed by atoms with E-state index >= 15 is 0 Å². The van der Waals surface area contributed by atoms with Gasteiger partial charge < -0.3 is 20.1 Å². The number of amides is 3. The van der Waals surface area contributed by atoms with E-state index in [9.17, 15) is 19.2 Å². The first kappa shape index (κ1) is 28.4. The number of methoxy groups -OCH3 is 1. The summed E-state index contributed by atoms with van der Waals surface area (Å²) in [5.74, 6) is -1.07. The number of unbranched alkanes of at least 4 members (excludes halogenated alkanes) is 1. The fourth-order valence-corrected chi connectivity index (χ4v) is 4.75. The van der Waals surface area contributed by atoms with Gasteiger partial charge in [0.2, 0.25) is 0 Å². The van der Waals surface area contributed by atoms with Crippen LogP contribution in [0.5, 0.6) is 0 Å². The van der Waals surface area contributed by atoms with Crippen molar-refractivity contribution in [3.05, 3.63) is 35.9 Å². The first-order valence-electron chi connectivity index (χ1n) is 13.1. The Balaban J connectivity index is 1.47. The summed E-state index contributed by atoms with van der Waals surface area (Å²) < 4.78 is 10.2. The van der Waals surface area contributed by atoms with E-state index in [2.05, 4.69) is 16.0 Å². The van der Waals surface area contributed by atoms with Crippen molar-refractivity contribution < 1.29 is 28.7 Å². The van der Waals surface area contributed by atoms with Gasteiger partial charge in [0.15, 0.2) is 0 Å². The first-order valence-corrected chi connectivity index (χ1v) is 13.1. The lowest BCUT2D eigenvalue weighted by atomic mass is 10.0. The summed E-state index contributed by atoms with van der Waals surface area (Å²) >= 11 is 0. The second-order valence-electron chi connectivity index (χ2n) is 9.22. The number of fused-ring (bicyclic) bond motifs is 1. The molecule has 3 N–H and O–H groups in total. The topological polar surface area (TPSA) is 129 Å². The molecular weight excluding hydrogens is 478 g/mol. The number of nitrogens with zero attached hydrogens (tertiary/aromatic N) is 2. The van der Waals surface area contributed by atoms with E-state index in [1.54, 1.807) is 6.92 Å². The number of benzene rings is 1. The third kappa shape index (κ3) is 8.16. The van der Waals surface area contributed by atoms with Crippen molar-refractivity contribution in [2.75, 3.05) is 33.4 Å². The fraction of sp³-hybridized carbons (Fsp3) is 0.615. The van der Waals surface area contributed by atoms with E-state index in [1.165, 1.54) is 12.1 Å². The van der Waals surface area contributed by atoms with Crippen molar-refractivity contribution in [1.82, 2.24) is 26.0 Å². The molecule has 3 rings (SSSR count). The van der Waals surface area contributed by atoms with Crippen LogP contribution in [0.25, 0.3) is 0 Å². The number of urea groups is 1. The van der Waals surface area contributed by atoms with Crippen LogP contribution in [-0.2, 0) is 30.4 Å². The first-order chi connectivity index (χ1) is 17.9. The van der Waals surface area contributed by atoms with Gasteiger partial charge in [-0.05, 0) is 51.0 Å². The number of esters is 2. The minimum atomic E-state index is -0.659. The molecule has 0 spiro atoms. The number of ether oxygens (including phenoxy) is 2. The van der Waals surface area contributed by atoms with Gasteiger partial charge in [-0.2, -0.15) is 0 Å². The molecule has 3 amide bonds. The summed E-state index contributed by atoms with van der Waals surface area (Å²) in [5, 5.41) is 12.2. The molecule has 2 aliphatic heterocycles. The van der Waals surface area contributed by atoms with Crippen LogP contribution >= 0.6 is 0 Å². The number of carbonyl (C=O) groups is 4. The predicted molar refractivity (Wildman–Crippen MR) is 136 cm³/mol. The fourth-order valence-electron chi connectivity index (χ4n) is 4.75. The quantitative estimate of drug-likeness (QED) is 0.280. The molecule has 1 aromatic carbocycles. The van der Waals surface area contributed by atoms with Crippen LogP contribution in [0.2, 0.25) is 0 Å². The highest BCUT2D eigenvalue weighted by atomic mass is 16.5. The van der Waals surface area contributed by atoms with Crippen LogP contribution in [0, 0.1) is 0 Å². The number of hydrogen-bond donors (Lipinski definition) is 3. The number of rotatable bonds is 12. The molecule has 2 heterocycles. The third-order valence-electron chi connectivity index (χ3n) is 6.64. The third-order valence-corrected chi connectivity index (χ3v) is 6.64. The van der Waals surface area contributed by atoms with Gasteiger partial charge in [-0.1, -0.05) is 30.3 Å². The molecule has 2 fully saturated rings. The molecule has 11 heteroatoms. The number of nitrogens with one attached hydrogen (secondary N) is 3. The highest BCUT2D eigenvalue weighted by Gasteiger charge is 2.44. The van der Waals surface area contributed by atoms with Crippen molar-refractivity contribution >= 4 is 23.9 Å². The molecule has 11 nitrogen and oxygen atoms in total. The second-order valence-corrected chi connectivity index (χ2v) is 9.22. The van der Waals surface area contributed by atoms with E-state index in [-0.39, 0.29) is 18.5 Å². The Morgan fingerprint density at radius 1 is 1.08 bits per heavy atom. The highest BCUT2D eigenvalue weighted by molar-refractivity contribution is 5.88. The Morgan fingerprint density at radius 3 is 2.59 bits per heavy atom. The van der Waals surface area contributed by atoms with E-state index in [4.69, 9.17) is 9.47 Å². The molecule has 2 saturated heterocycles. The van der Waals surface area contributed by atoms with Gasteiger partial charge >= 0.3 is 18.0 Å². The Hall–Kier alpha value is -3.18. The summed E-state index contributed by atoms with van der Waals surface area (Å²) in [7, 11) is 1.32. The van der Waals surface area contributed by atoms with E-state index < -0.39 is 30.1 Å². The van der Waals surface area contributed by atoms with Gasteiger partial charge in [0.25, 0.3) is 5.91 Å². The van der Waals surface area contributed by atoms with Crippen LogP contribution in [0.1, 0.15) is 51.0 Å². The lowest BCUT2D eigenvalue weighted by molar-refractivity contribution is -0.185. The maximum atomic E-state index is 13.3. The zero-order valence-corrected chi connectivity index (χ0v) is 21.7. The summed E-state index contributed by atoms with van der Waals surface area (Å²) in [6.07, 6.45) is 3.67. The van der Waals surface area contributed by atoms with Gasteiger partial charge in [0.1, 0.15) is 12.1 Å².